The van der Waals surface area contributed by atoms with Crippen LogP contribution in [0.2, 0.25) is 5.02 Å². The largest absolute Gasteiger partial charge is 0.497 e. The highest BCUT2D eigenvalue weighted by Gasteiger charge is 2.08. The van der Waals surface area contributed by atoms with Crippen LogP contribution in [-0.4, -0.2) is 25.0 Å². The van der Waals surface area contributed by atoms with E-state index in [1.54, 1.807) is 38.6 Å². The number of pyridine rings is 1. The summed E-state index contributed by atoms with van der Waals surface area (Å²) in [4.78, 5) is 17.2. The number of ether oxygens (including phenoxy) is 2. The van der Waals surface area contributed by atoms with Crippen LogP contribution in [0.15, 0.2) is 79.0 Å². The van der Waals surface area contributed by atoms with Crippen molar-refractivity contribution < 1.29 is 14.3 Å². The molecule has 0 spiro atoms. The number of halogens is 1. The van der Waals surface area contributed by atoms with Crippen LogP contribution in [0.5, 0.6) is 11.5 Å². The fourth-order valence-electron chi connectivity index (χ4n) is 3.37. The van der Waals surface area contributed by atoms with E-state index in [-0.39, 0.29) is 5.78 Å². The van der Waals surface area contributed by atoms with Crippen molar-refractivity contribution in [3.63, 3.8) is 0 Å². The predicted molar refractivity (Wildman–Crippen MR) is 129 cm³/mol. The van der Waals surface area contributed by atoms with Gasteiger partial charge in [-0.05, 0) is 66.7 Å². The third kappa shape index (κ3) is 4.74. The zero-order chi connectivity index (χ0) is 22.5. The molecule has 5 nitrogen and oxygen atoms in total. The van der Waals surface area contributed by atoms with Crippen LogP contribution < -0.4 is 14.8 Å². The number of hydrogen-bond donors (Lipinski definition) is 1. The third-order valence-corrected chi connectivity index (χ3v) is 5.22. The summed E-state index contributed by atoms with van der Waals surface area (Å²) >= 11 is 6.08. The van der Waals surface area contributed by atoms with Crippen molar-refractivity contribution in [3.05, 3.63) is 95.2 Å². The number of hydrogen-bond acceptors (Lipinski definition) is 5. The van der Waals surface area contributed by atoms with E-state index in [0.717, 1.165) is 27.8 Å². The first-order valence-electron chi connectivity index (χ1n) is 9.93. The van der Waals surface area contributed by atoms with Crippen LogP contribution in [0, 0.1) is 0 Å². The maximum Gasteiger partial charge on any atom is 0.185 e. The summed E-state index contributed by atoms with van der Waals surface area (Å²) in [7, 11) is 3.19. The molecule has 1 heterocycles. The van der Waals surface area contributed by atoms with Gasteiger partial charge in [-0.25, -0.2) is 0 Å². The monoisotopic (exact) mass is 444 g/mol. The first-order chi connectivity index (χ1) is 15.6. The van der Waals surface area contributed by atoms with Crippen LogP contribution in [0.3, 0.4) is 0 Å². The smallest absolute Gasteiger partial charge is 0.185 e. The molecule has 0 radical (unpaired) electrons. The van der Waals surface area contributed by atoms with Gasteiger partial charge in [0.05, 0.1) is 19.7 Å². The topological polar surface area (TPSA) is 60.5 Å². The Kier molecular flexibility index (Phi) is 6.38. The van der Waals surface area contributed by atoms with Gasteiger partial charge in [0, 0.05) is 39.1 Å². The lowest BCUT2D eigenvalue weighted by Crippen LogP contribution is -1.98. The summed E-state index contributed by atoms with van der Waals surface area (Å²) in [5, 5.41) is 4.95. The van der Waals surface area contributed by atoms with Gasteiger partial charge in [0.1, 0.15) is 11.5 Å². The molecule has 1 aromatic heterocycles. The van der Waals surface area contributed by atoms with Gasteiger partial charge in [0.25, 0.3) is 0 Å². The number of carbonyl (C=O) groups is 1. The van der Waals surface area contributed by atoms with Gasteiger partial charge in [-0.15, -0.1) is 0 Å². The van der Waals surface area contributed by atoms with Crippen molar-refractivity contribution in [2.45, 2.75) is 0 Å². The number of carbonyl (C=O) groups excluding carboxylic acids is 1. The standard InChI is InChI=1S/C26H21ClN2O3/c1-31-21-8-11-26(32-2)18(15-21)6-10-25(30)17-4-3-5-20(14-17)29-23-12-13-28-24-16-19(27)7-9-22(23)24/h3-16H,1-2H3,(H,28,29)/b10-6+. The lowest BCUT2D eigenvalue weighted by molar-refractivity contribution is 0.104. The van der Waals surface area contributed by atoms with Crippen molar-refractivity contribution in [2.75, 3.05) is 19.5 Å². The predicted octanol–water partition coefficient (Wildman–Crippen LogP) is 6.55. The van der Waals surface area contributed by atoms with E-state index in [0.29, 0.717) is 22.1 Å². The summed E-state index contributed by atoms with van der Waals surface area (Å²) < 4.78 is 10.6. The molecule has 0 bridgehead atoms. The lowest BCUT2D eigenvalue weighted by Gasteiger charge is -2.10. The van der Waals surface area contributed by atoms with Crippen molar-refractivity contribution in [1.82, 2.24) is 4.98 Å². The van der Waals surface area contributed by atoms with Gasteiger partial charge in [-0.1, -0.05) is 23.7 Å². The molecular weight excluding hydrogens is 424 g/mol. The molecule has 0 amide bonds. The summed E-state index contributed by atoms with van der Waals surface area (Å²) in [5.41, 5.74) is 3.80. The molecule has 0 atom stereocenters. The molecular formula is C26H21ClN2O3. The number of nitrogens with zero attached hydrogens (tertiary/aromatic N) is 1. The number of aromatic nitrogens is 1. The second-order valence-corrected chi connectivity index (χ2v) is 7.47. The summed E-state index contributed by atoms with van der Waals surface area (Å²) in [6.45, 7) is 0. The van der Waals surface area contributed by atoms with Gasteiger partial charge >= 0.3 is 0 Å². The Labute approximate surface area is 191 Å². The fourth-order valence-corrected chi connectivity index (χ4v) is 3.53. The van der Waals surface area contributed by atoms with E-state index in [2.05, 4.69) is 10.3 Å². The minimum absolute atomic E-state index is 0.120. The molecule has 0 saturated heterocycles. The number of ketones is 1. The molecule has 160 valence electrons. The average molecular weight is 445 g/mol. The number of anilines is 2. The number of fused-ring (bicyclic) bond motifs is 1. The molecule has 0 fully saturated rings. The van der Waals surface area contributed by atoms with Crippen LogP contribution in [0.1, 0.15) is 15.9 Å². The van der Waals surface area contributed by atoms with Gasteiger partial charge in [-0.2, -0.15) is 0 Å². The number of rotatable bonds is 7. The van der Waals surface area contributed by atoms with E-state index in [1.165, 1.54) is 6.08 Å². The van der Waals surface area contributed by atoms with Crippen LogP contribution in [0.4, 0.5) is 11.4 Å². The summed E-state index contributed by atoms with van der Waals surface area (Å²) in [6, 6.07) is 20.2. The molecule has 32 heavy (non-hydrogen) atoms. The molecule has 4 rings (SSSR count). The van der Waals surface area contributed by atoms with Crippen LogP contribution >= 0.6 is 11.6 Å². The summed E-state index contributed by atoms with van der Waals surface area (Å²) in [5.74, 6) is 1.23. The van der Waals surface area contributed by atoms with E-state index in [4.69, 9.17) is 21.1 Å². The molecule has 0 aliphatic rings. The zero-order valence-corrected chi connectivity index (χ0v) is 18.4. The average Bonchev–Trinajstić information content (AvgIpc) is 2.82. The van der Waals surface area contributed by atoms with Gasteiger partial charge in [0.2, 0.25) is 0 Å². The van der Waals surface area contributed by atoms with Crippen molar-refractivity contribution in [2.24, 2.45) is 0 Å². The maximum atomic E-state index is 12.8. The number of methoxy groups -OCH3 is 2. The first-order valence-corrected chi connectivity index (χ1v) is 10.3. The quantitative estimate of drug-likeness (QED) is 0.259. The fraction of sp³-hybridized carbons (Fsp3) is 0.0769. The zero-order valence-electron chi connectivity index (χ0n) is 17.6. The highest BCUT2D eigenvalue weighted by atomic mass is 35.5. The van der Waals surface area contributed by atoms with Gasteiger partial charge < -0.3 is 14.8 Å². The number of nitrogens with one attached hydrogen (secondary N) is 1. The maximum absolute atomic E-state index is 12.8. The minimum Gasteiger partial charge on any atom is -0.497 e. The SMILES string of the molecule is COc1ccc(OC)c(/C=C/C(=O)c2cccc(Nc3ccnc4cc(Cl)ccc34)c2)c1. The molecule has 3 aromatic carbocycles. The van der Waals surface area contributed by atoms with Gasteiger partial charge in [-0.3, -0.25) is 9.78 Å². The van der Waals surface area contributed by atoms with Crippen LogP contribution in [-0.2, 0) is 0 Å². The molecule has 0 saturated carbocycles. The van der Waals surface area contributed by atoms with Crippen LogP contribution in [0.25, 0.3) is 17.0 Å². The van der Waals surface area contributed by atoms with E-state index < -0.39 is 0 Å². The van der Waals surface area contributed by atoms with Crippen molar-refractivity contribution >= 4 is 45.7 Å². The summed E-state index contributed by atoms with van der Waals surface area (Å²) in [6.07, 6.45) is 4.98. The lowest BCUT2D eigenvalue weighted by atomic mass is 10.1. The third-order valence-electron chi connectivity index (χ3n) is 4.98. The molecule has 4 aromatic rings. The highest BCUT2D eigenvalue weighted by molar-refractivity contribution is 6.31. The van der Waals surface area contributed by atoms with E-state index in [1.807, 2.05) is 54.6 Å². The Morgan fingerprint density at radius 2 is 1.88 bits per heavy atom. The number of benzene rings is 3. The van der Waals surface area contributed by atoms with Crippen molar-refractivity contribution in [3.8, 4) is 11.5 Å². The molecule has 0 aliphatic heterocycles. The van der Waals surface area contributed by atoms with E-state index >= 15 is 0 Å². The molecule has 1 N–H and O–H groups in total. The minimum atomic E-state index is -0.120. The van der Waals surface area contributed by atoms with Crippen molar-refractivity contribution in [1.29, 1.82) is 0 Å². The first kappa shape index (κ1) is 21.4. The van der Waals surface area contributed by atoms with E-state index in [9.17, 15) is 4.79 Å². The Hall–Kier alpha value is -3.83. The normalized spacial score (nSPS) is 11.0. The molecule has 6 heteroatoms. The Morgan fingerprint density at radius 1 is 1.00 bits per heavy atom. The van der Waals surface area contributed by atoms with Gasteiger partial charge in [0.15, 0.2) is 5.78 Å². The Morgan fingerprint density at radius 3 is 2.69 bits per heavy atom. The Bertz CT molecular complexity index is 1320. The second-order valence-electron chi connectivity index (χ2n) is 7.03. The Balaban J connectivity index is 1.57. The number of allylic oxidation sites excluding steroid dienone is 1. The molecule has 0 aliphatic carbocycles. The highest BCUT2D eigenvalue weighted by Crippen LogP contribution is 2.28. The second kappa shape index (κ2) is 9.54. The molecule has 0 unspecified atom stereocenters.